The van der Waals surface area contributed by atoms with Gasteiger partial charge in [-0.15, -0.1) is 0 Å². The Morgan fingerprint density at radius 2 is 1.79 bits per heavy atom. The van der Waals surface area contributed by atoms with Crippen molar-refractivity contribution in [3.63, 3.8) is 0 Å². The minimum absolute atomic E-state index is 1.06. The van der Waals surface area contributed by atoms with Gasteiger partial charge in [-0.3, -0.25) is 4.98 Å². The second-order valence-corrected chi connectivity index (χ2v) is 4.58. The molecule has 94 valence electrons. The molecule has 2 aromatic heterocycles. The van der Waals surface area contributed by atoms with Gasteiger partial charge < -0.3 is 0 Å². The molecule has 0 saturated heterocycles. The van der Waals surface area contributed by atoms with Crippen molar-refractivity contribution in [1.29, 1.82) is 0 Å². The molecule has 3 nitrogen and oxygen atoms in total. The molecule has 0 aliphatic heterocycles. The Balaban J connectivity index is 2.05. The molecule has 0 saturated carbocycles. The van der Waals surface area contributed by atoms with E-state index >= 15 is 0 Å². The van der Waals surface area contributed by atoms with Gasteiger partial charge >= 0.3 is 0 Å². The topological polar surface area (TPSA) is 30.7 Å². The molecule has 2 heterocycles. The summed E-state index contributed by atoms with van der Waals surface area (Å²) in [6, 6.07) is 12.2. The molecule has 0 aliphatic rings. The number of aromatic nitrogens is 3. The predicted octanol–water partition coefficient (Wildman–Crippen LogP) is 3.55. The van der Waals surface area contributed by atoms with Crippen molar-refractivity contribution < 1.29 is 0 Å². The number of para-hydroxylation sites is 1. The smallest absolute Gasteiger partial charge is 0.0645 e. The lowest BCUT2D eigenvalue weighted by atomic mass is 10.0. The summed E-state index contributed by atoms with van der Waals surface area (Å²) >= 11 is 0. The summed E-state index contributed by atoms with van der Waals surface area (Å²) in [7, 11) is 0. The van der Waals surface area contributed by atoms with Crippen molar-refractivity contribution in [2.75, 3.05) is 0 Å². The van der Waals surface area contributed by atoms with Gasteiger partial charge in [-0.25, -0.2) is 4.68 Å². The first-order valence-corrected chi connectivity index (χ1v) is 6.28. The Kier molecular flexibility index (Phi) is 2.88. The van der Waals surface area contributed by atoms with E-state index in [2.05, 4.69) is 23.2 Å². The summed E-state index contributed by atoms with van der Waals surface area (Å²) in [4.78, 5) is 4.30. The summed E-state index contributed by atoms with van der Waals surface area (Å²) in [6.07, 6.45) is 5.80. The maximum absolute atomic E-state index is 4.43. The number of rotatable bonds is 2. The maximum atomic E-state index is 4.43. The average molecular weight is 249 g/mol. The monoisotopic (exact) mass is 249 g/mol. The molecule has 0 fully saturated rings. The SMILES string of the molecule is Cc1nccc(-c2cnn(-c3ccccc3)c2)c1C. The minimum atomic E-state index is 1.06. The highest BCUT2D eigenvalue weighted by Crippen LogP contribution is 2.24. The van der Waals surface area contributed by atoms with Crippen LogP contribution in [0.2, 0.25) is 0 Å². The fourth-order valence-corrected chi connectivity index (χ4v) is 2.14. The Morgan fingerprint density at radius 1 is 1.00 bits per heavy atom. The van der Waals surface area contributed by atoms with Gasteiger partial charge in [0.15, 0.2) is 0 Å². The highest BCUT2D eigenvalue weighted by atomic mass is 15.3. The van der Waals surface area contributed by atoms with E-state index in [1.165, 1.54) is 11.1 Å². The van der Waals surface area contributed by atoms with E-state index in [1.807, 2.05) is 60.4 Å². The van der Waals surface area contributed by atoms with Crippen molar-refractivity contribution in [2.45, 2.75) is 13.8 Å². The van der Waals surface area contributed by atoms with Gasteiger partial charge in [0, 0.05) is 23.7 Å². The van der Waals surface area contributed by atoms with Gasteiger partial charge in [-0.2, -0.15) is 5.10 Å². The van der Waals surface area contributed by atoms with Gasteiger partial charge in [0.1, 0.15) is 0 Å². The van der Waals surface area contributed by atoms with Crippen molar-refractivity contribution in [1.82, 2.24) is 14.8 Å². The zero-order valence-corrected chi connectivity index (χ0v) is 11.0. The van der Waals surface area contributed by atoms with Gasteiger partial charge in [0.25, 0.3) is 0 Å². The van der Waals surface area contributed by atoms with Crippen LogP contribution in [0.25, 0.3) is 16.8 Å². The van der Waals surface area contributed by atoms with E-state index in [0.29, 0.717) is 0 Å². The van der Waals surface area contributed by atoms with Crippen LogP contribution in [-0.2, 0) is 0 Å². The highest BCUT2D eigenvalue weighted by Gasteiger charge is 2.07. The summed E-state index contributed by atoms with van der Waals surface area (Å²) in [5, 5.41) is 4.43. The third kappa shape index (κ3) is 2.15. The maximum Gasteiger partial charge on any atom is 0.0645 e. The molecular weight excluding hydrogens is 234 g/mol. The number of nitrogens with zero attached hydrogens (tertiary/aromatic N) is 3. The third-order valence-electron chi connectivity index (χ3n) is 3.37. The van der Waals surface area contributed by atoms with E-state index in [-0.39, 0.29) is 0 Å². The molecular formula is C16H15N3. The standard InChI is InChI=1S/C16H15N3/c1-12-13(2)17-9-8-16(12)14-10-18-19(11-14)15-6-4-3-5-7-15/h3-11H,1-2H3. The lowest BCUT2D eigenvalue weighted by Gasteiger charge is -2.05. The van der Waals surface area contributed by atoms with Crippen LogP contribution >= 0.6 is 0 Å². The van der Waals surface area contributed by atoms with Gasteiger partial charge in [0.2, 0.25) is 0 Å². The van der Waals surface area contributed by atoms with Crippen LogP contribution < -0.4 is 0 Å². The number of pyridine rings is 1. The Bertz CT molecular complexity index is 699. The number of hydrogen-bond acceptors (Lipinski definition) is 2. The molecule has 0 radical (unpaired) electrons. The zero-order chi connectivity index (χ0) is 13.2. The van der Waals surface area contributed by atoms with E-state index < -0.39 is 0 Å². The van der Waals surface area contributed by atoms with Crippen molar-refractivity contribution >= 4 is 0 Å². The lowest BCUT2D eigenvalue weighted by molar-refractivity contribution is 0.881. The summed E-state index contributed by atoms with van der Waals surface area (Å²) in [5.41, 5.74) is 5.64. The molecule has 0 unspecified atom stereocenters. The molecule has 0 atom stereocenters. The van der Waals surface area contributed by atoms with Crippen LogP contribution in [0.3, 0.4) is 0 Å². The van der Waals surface area contributed by atoms with Crippen molar-refractivity contribution in [2.24, 2.45) is 0 Å². The van der Waals surface area contributed by atoms with Crippen LogP contribution in [0.15, 0.2) is 55.0 Å². The molecule has 0 spiro atoms. The largest absolute Gasteiger partial charge is 0.261 e. The van der Waals surface area contributed by atoms with Crippen molar-refractivity contribution in [3.05, 3.63) is 66.2 Å². The molecule has 0 aliphatic carbocycles. The second-order valence-electron chi connectivity index (χ2n) is 4.58. The third-order valence-corrected chi connectivity index (χ3v) is 3.37. The van der Waals surface area contributed by atoms with Gasteiger partial charge in [0.05, 0.1) is 11.9 Å². The number of aryl methyl sites for hydroxylation is 1. The molecule has 1 aromatic carbocycles. The normalized spacial score (nSPS) is 10.6. The molecule has 3 aromatic rings. The molecule has 0 bridgehead atoms. The lowest BCUT2D eigenvalue weighted by Crippen LogP contribution is -1.92. The van der Waals surface area contributed by atoms with Crippen molar-refractivity contribution in [3.8, 4) is 16.8 Å². The number of benzene rings is 1. The van der Waals surface area contributed by atoms with E-state index in [0.717, 1.165) is 16.9 Å². The quantitative estimate of drug-likeness (QED) is 0.695. The zero-order valence-electron chi connectivity index (χ0n) is 11.0. The summed E-state index contributed by atoms with van der Waals surface area (Å²) in [5.74, 6) is 0. The van der Waals surface area contributed by atoms with Crippen LogP contribution in [0, 0.1) is 13.8 Å². The summed E-state index contributed by atoms with van der Waals surface area (Å²) < 4.78 is 1.89. The van der Waals surface area contributed by atoms with E-state index in [9.17, 15) is 0 Å². The average Bonchev–Trinajstić information content (AvgIpc) is 2.92. The second kappa shape index (κ2) is 4.69. The predicted molar refractivity (Wildman–Crippen MR) is 76.3 cm³/mol. The number of hydrogen-bond donors (Lipinski definition) is 0. The Morgan fingerprint density at radius 3 is 2.58 bits per heavy atom. The fourth-order valence-electron chi connectivity index (χ4n) is 2.14. The molecule has 3 rings (SSSR count). The van der Waals surface area contributed by atoms with Crippen LogP contribution in [0.1, 0.15) is 11.3 Å². The molecule has 19 heavy (non-hydrogen) atoms. The first-order chi connectivity index (χ1) is 9.25. The highest BCUT2D eigenvalue weighted by molar-refractivity contribution is 5.66. The fraction of sp³-hybridized carbons (Fsp3) is 0.125. The van der Waals surface area contributed by atoms with Crippen LogP contribution in [0.5, 0.6) is 0 Å². The first-order valence-electron chi connectivity index (χ1n) is 6.28. The van der Waals surface area contributed by atoms with Crippen LogP contribution in [-0.4, -0.2) is 14.8 Å². The molecule has 3 heteroatoms. The first kappa shape index (κ1) is 11.7. The van der Waals surface area contributed by atoms with E-state index in [1.54, 1.807) is 0 Å². The van der Waals surface area contributed by atoms with Crippen LogP contribution in [0.4, 0.5) is 0 Å². The van der Waals surface area contributed by atoms with Gasteiger partial charge in [-0.1, -0.05) is 18.2 Å². The Hall–Kier alpha value is -2.42. The molecule has 0 amide bonds. The minimum Gasteiger partial charge on any atom is -0.261 e. The van der Waals surface area contributed by atoms with E-state index in [4.69, 9.17) is 0 Å². The summed E-state index contributed by atoms with van der Waals surface area (Å²) in [6.45, 7) is 4.12. The van der Waals surface area contributed by atoms with Gasteiger partial charge in [-0.05, 0) is 43.2 Å². The molecule has 0 N–H and O–H groups in total. The Labute approximate surface area is 112 Å².